The number of halogens is 1. The molecule has 1 aromatic carbocycles. The first-order valence-corrected chi connectivity index (χ1v) is 7.69. The third-order valence-corrected chi connectivity index (χ3v) is 4.52. The molecule has 0 radical (unpaired) electrons. The molecule has 0 fully saturated rings. The number of benzene rings is 1. The summed E-state index contributed by atoms with van der Waals surface area (Å²) in [5.74, 6) is -0.654. The highest BCUT2D eigenvalue weighted by Crippen LogP contribution is 2.20. The van der Waals surface area contributed by atoms with Crippen LogP contribution in [0.25, 0.3) is 0 Å². The maximum Gasteiger partial charge on any atom is 0.240 e. The van der Waals surface area contributed by atoms with E-state index in [0.29, 0.717) is 13.0 Å². The Labute approximate surface area is 112 Å². The predicted molar refractivity (Wildman–Crippen MR) is 72.6 cm³/mol. The molecule has 0 aliphatic heterocycles. The largest absolute Gasteiger partial charge is 0.399 e. The second-order valence-electron chi connectivity index (χ2n) is 4.62. The van der Waals surface area contributed by atoms with Gasteiger partial charge < -0.3 is 5.73 Å². The number of allylic oxidation sites excluding steroid dienone is 1. The molecule has 4 nitrogen and oxygen atoms in total. The van der Waals surface area contributed by atoms with Gasteiger partial charge in [0, 0.05) is 12.2 Å². The van der Waals surface area contributed by atoms with E-state index in [1.54, 1.807) is 0 Å². The van der Waals surface area contributed by atoms with Gasteiger partial charge in [-0.05, 0) is 43.9 Å². The highest BCUT2D eigenvalue weighted by atomic mass is 32.2. The van der Waals surface area contributed by atoms with Crippen molar-refractivity contribution < 1.29 is 12.8 Å². The first-order valence-electron chi connectivity index (χ1n) is 6.21. The Morgan fingerprint density at radius 3 is 2.74 bits per heavy atom. The zero-order valence-electron chi connectivity index (χ0n) is 10.5. The SMILES string of the molecule is Nc1cc(F)cc(S(=O)(=O)NCCC2=CCCC2)c1. The lowest BCUT2D eigenvalue weighted by Crippen LogP contribution is -2.25. The van der Waals surface area contributed by atoms with Crippen LogP contribution in [-0.2, 0) is 10.0 Å². The van der Waals surface area contributed by atoms with Gasteiger partial charge in [0.1, 0.15) is 5.82 Å². The maximum atomic E-state index is 13.1. The molecule has 0 saturated heterocycles. The molecule has 0 bridgehead atoms. The van der Waals surface area contributed by atoms with Crippen LogP contribution in [0.15, 0.2) is 34.7 Å². The third kappa shape index (κ3) is 3.78. The number of hydrogen-bond acceptors (Lipinski definition) is 3. The molecule has 0 unspecified atom stereocenters. The lowest BCUT2D eigenvalue weighted by Gasteiger charge is -2.08. The van der Waals surface area contributed by atoms with Crippen molar-refractivity contribution in [3.8, 4) is 0 Å². The average molecular weight is 284 g/mol. The molecule has 1 aliphatic rings. The fourth-order valence-corrected chi connectivity index (χ4v) is 3.23. The van der Waals surface area contributed by atoms with Crippen LogP contribution in [0.1, 0.15) is 25.7 Å². The van der Waals surface area contributed by atoms with E-state index in [9.17, 15) is 12.8 Å². The Balaban J connectivity index is 2.01. The molecule has 0 aromatic heterocycles. The molecular weight excluding hydrogens is 267 g/mol. The average Bonchev–Trinajstić information content (AvgIpc) is 2.80. The highest BCUT2D eigenvalue weighted by molar-refractivity contribution is 7.89. The van der Waals surface area contributed by atoms with E-state index in [1.807, 2.05) is 0 Å². The zero-order chi connectivity index (χ0) is 13.9. The molecule has 19 heavy (non-hydrogen) atoms. The van der Waals surface area contributed by atoms with Gasteiger partial charge in [-0.15, -0.1) is 0 Å². The molecule has 0 heterocycles. The van der Waals surface area contributed by atoms with Crippen LogP contribution >= 0.6 is 0 Å². The van der Waals surface area contributed by atoms with Gasteiger partial charge in [0.25, 0.3) is 0 Å². The Bertz CT molecular complexity index is 576. The van der Waals surface area contributed by atoms with Gasteiger partial charge in [-0.2, -0.15) is 0 Å². The molecule has 0 saturated carbocycles. The molecule has 2 rings (SSSR count). The molecule has 0 amide bonds. The quantitative estimate of drug-likeness (QED) is 0.643. The van der Waals surface area contributed by atoms with Crippen molar-refractivity contribution in [1.82, 2.24) is 4.72 Å². The molecule has 0 atom stereocenters. The fourth-order valence-electron chi connectivity index (χ4n) is 2.13. The van der Waals surface area contributed by atoms with E-state index < -0.39 is 15.8 Å². The van der Waals surface area contributed by atoms with E-state index in [4.69, 9.17) is 5.73 Å². The summed E-state index contributed by atoms with van der Waals surface area (Å²) in [5, 5.41) is 0. The van der Waals surface area contributed by atoms with Gasteiger partial charge in [-0.1, -0.05) is 11.6 Å². The monoisotopic (exact) mass is 284 g/mol. The van der Waals surface area contributed by atoms with E-state index in [1.165, 1.54) is 11.6 Å². The molecule has 1 aliphatic carbocycles. The lowest BCUT2D eigenvalue weighted by molar-refractivity contribution is 0.577. The molecule has 0 spiro atoms. The molecule has 104 valence electrons. The number of nitrogen functional groups attached to an aromatic ring is 1. The summed E-state index contributed by atoms with van der Waals surface area (Å²) in [6.45, 7) is 0.324. The first-order chi connectivity index (χ1) is 8.97. The minimum atomic E-state index is -3.69. The summed E-state index contributed by atoms with van der Waals surface area (Å²) < 4.78 is 39.5. The van der Waals surface area contributed by atoms with Crippen LogP contribution in [0.2, 0.25) is 0 Å². The summed E-state index contributed by atoms with van der Waals surface area (Å²) in [4.78, 5) is -0.134. The number of nitrogens with two attached hydrogens (primary N) is 1. The van der Waals surface area contributed by atoms with Crippen LogP contribution in [0.4, 0.5) is 10.1 Å². The van der Waals surface area contributed by atoms with Crippen LogP contribution in [0.5, 0.6) is 0 Å². The van der Waals surface area contributed by atoms with Gasteiger partial charge in [0.2, 0.25) is 10.0 Å². The number of hydrogen-bond donors (Lipinski definition) is 2. The summed E-state index contributed by atoms with van der Waals surface area (Å²) in [7, 11) is -3.69. The van der Waals surface area contributed by atoms with E-state index in [-0.39, 0.29) is 10.6 Å². The minimum Gasteiger partial charge on any atom is -0.399 e. The summed E-state index contributed by atoms with van der Waals surface area (Å²) in [5.41, 5.74) is 6.82. The number of anilines is 1. The minimum absolute atomic E-state index is 0.0962. The van der Waals surface area contributed by atoms with Crippen molar-refractivity contribution in [2.24, 2.45) is 0 Å². The Morgan fingerprint density at radius 2 is 2.11 bits per heavy atom. The highest BCUT2D eigenvalue weighted by Gasteiger charge is 2.15. The normalized spacial score (nSPS) is 15.5. The van der Waals surface area contributed by atoms with Gasteiger partial charge >= 0.3 is 0 Å². The van der Waals surface area contributed by atoms with E-state index >= 15 is 0 Å². The maximum absolute atomic E-state index is 13.1. The van der Waals surface area contributed by atoms with Crippen molar-refractivity contribution in [2.45, 2.75) is 30.6 Å². The molecule has 6 heteroatoms. The van der Waals surface area contributed by atoms with Crippen LogP contribution in [0, 0.1) is 5.82 Å². The third-order valence-electron chi connectivity index (χ3n) is 3.08. The second-order valence-corrected chi connectivity index (χ2v) is 6.39. The van der Waals surface area contributed by atoms with Crippen molar-refractivity contribution in [1.29, 1.82) is 0 Å². The van der Waals surface area contributed by atoms with Crippen LogP contribution < -0.4 is 10.5 Å². The number of nitrogens with one attached hydrogen (secondary N) is 1. The van der Waals surface area contributed by atoms with Crippen LogP contribution in [-0.4, -0.2) is 15.0 Å². The smallest absolute Gasteiger partial charge is 0.240 e. The van der Waals surface area contributed by atoms with Crippen molar-refractivity contribution in [2.75, 3.05) is 12.3 Å². The van der Waals surface area contributed by atoms with E-state index in [2.05, 4.69) is 10.8 Å². The topological polar surface area (TPSA) is 72.2 Å². The lowest BCUT2D eigenvalue weighted by atomic mass is 10.2. The zero-order valence-corrected chi connectivity index (χ0v) is 11.3. The van der Waals surface area contributed by atoms with Gasteiger partial charge in [-0.25, -0.2) is 17.5 Å². The second kappa shape index (κ2) is 5.71. The van der Waals surface area contributed by atoms with E-state index in [0.717, 1.165) is 31.4 Å². The van der Waals surface area contributed by atoms with Gasteiger partial charge in [0.15, 0.2) is 0 Å². The summed E-state index contributed by atoms with van der Waals surface area (Å²) in [6.07, 6.45) is 6.10. The first kappa shape index (κ1) is 14.0. The molecular formula is C13H17FN2O2S. The Hall–Kier alpha value is -1.40. The molecule has 1 aromatic rings. The number of rotatable bonds is 5. The fraction of sp³-hybridized carbons (Fsp3) is 0.385. The van der Waals surface area contributed by atoms with Gasteiger partial charge in [-0.3, -0.25) is 0 Å². The van der Waals surface area contributed by atoms with Crippen molar-refractivity contribution >= 4 is 15.7 Å². The van der Waals surface area contributed by atoms with Gasteiger partial charge in [0.05, 0.1) is 4.90 Å². The molecule has 3 N–H and O–H groups in total. The summed E-state index contributed by atoms with van der Waals surface area (Å²) >= 11 is 0. The van der Waals surface area contributed by atoms with Crippen molar-refractivity contribution in [3.05, 3.63) is 35.7 Å². The Kier molecular flexibility index (Phi) is 4.21. The number of sulfonamides is 1. The summed E-state index contributed by atoms with van der Waals surface area (Å²) in [6, 6.07) is 3.30. The van der Waals surface area contributed by atoms with Crippen LogP contribution in [0.3, 0.4) is 0 Å². The standard InChI is InChI=1S/C13H17FN2O2S/c14-11-7-12(15)9-13(8-11)19(17,18)16-6-5-10-3-1-2-4-10/h3,7-9,16H,1-2,4-6,15H2. The predicted octanol–water partition coefficient (Wildman–Crippen LogP) is 2.19. The Morgan fingerprint density at radius 1 is 1.32 bits per heavy atom. The van der Waals surface area contributed by atoms with Crippen molar-refractivity contribution in [3.63, 3.8) is 0 Å².